The molecule has 0 aliphatic carbocycles. The average molecular weight is 410 g/mol. The van der Waals surface area contributed by atoms with Gasteiger partial charge in [-0.3, -0.25) is 0 Å². The van der Waals surface area contributed by atoms with Crippen LogP contribution in [0.25, 0.3) is 0 Å². The van der Waals surface area contributed by atoms with Gasteiger partial charge in [0.15, 0.2) is 0 Å². The van der Waals surface area contributed by atoms with Gasteiger partial charge in [0.05, 0.1) is 18.8 Å². The Balaban J connectivity index is 0.000000224. The Morgan fingerprint density at radius 2 is 1.24 bits per heavy atom. The molecule has 3 aliphatic heterocycles. The first kappa shape index (κ1) is 21.2. The standard InChI is InChI=1S/C12H16O8.C7H6O2/c13-9(14)7-11(3-1-5-17-11)19-8(10(15)16)12(20-7)4-2-6-18-12;8-7(9)6-4-2-1-3-5-6/h7-8H,1-6H2,(H,13,14)(H,15,16);1-5H,(H,8,9). The van der Waals surface area contributed by atoms with Gasteiger partial charge in [-0.1, -0.05) is 18.2 Å². The lowest BCUT2D eigenvalue weighted by Gasteiger charge is -2.48. The molecular weight excluding hydrogens is 388 g/mol. The number of benzene rings is 1. The zero-order valence-electron chi connectivity index (χ0n) is 15.5. The van der Waals surface area contributed by atoms with Gasteiger partial charge in [-0.15, -0.1) is 0 Å². The largest absolute Gasteiger partial charge is 0.479 e. The van der Waals surface area contributed by atoms with E-state index in [1.807, 2.05) is 0 Å². The Hall–Kier alpha value is -2.53. The fraction of sp³-hybridized carbons (Fsp3) is 0.526. The van der Waals surface area contributed by atoms with Crippen molar-refractivity contribution in [2.24, 2.45) is 0 Å². The lowest BCUT2D eigenvalue weighted by molar-refractivity contribution is -0.409. The summed E-state index contributed by atoms with van der Waals surface area (Å²) in [4.78, 5) is 33.1. The second-order valence-corrected chi connectivity index (χ2v) is 6.87. The molecule has 3 saturated heterocycles. The molecule has 2 spiro atoms. The van der Waals surface area contributed by atoms with Gasteiger partial charge in [-0.05, 0) is 25.0 Å². The highest BCUT2D eigenvalue weighted by atomic mass is 16.8. The molecule has 3 heterocycles. The number of carboxylic acid groups (broad SMARTS) is 3. The fourth-order valence-corrected chi connectivity index (χ4v) is 3.63. The quantitative estimate of drug-likeness (QED) is 0.666. The number of rotatable bonds is 3. The van der Waals surface area contributed by atoms with Crippen LogP contribution in [0.2, 0.25) is 0 Å². The second kappa shape index (κ2) is 8.46. The summed E-state index contributed by atoms with van der Waals surface area (Å²) >= 11 is 0. The van der Waals surface area contributed by atoms with E-state index in [9.17, 15) is 24.6 Å². The van der Waals surface area contributed by atoms with Crippen molar-refractivity contribution in [1.82, 2.24) is 0 Å². The maximum Gasteiger partial charge on any atom is 0.338 e. The molecule has 3 aliphatic rings. The van der Waals surface area contributed by atoms with Crippen LogP contribution in [0.5, 0.6) is 0 Å². The molecular formula is C19H22O10. The predicted molar refractivity (Wildman–Crippen MR) is 94.3 cm³/mol. The third-order valence-corrected chi connectivity index (χ3v) is 4.93. The highest BCUT2D eigenvalue weighted by Crippen LogP contribution is 2.46. The number of aromatic carboxylic acids is 1. The van der Waals surface area contributed by atoms with E-state index in [0.29, 0.717) is 31.6 Å². The van der Waals surface area contributed by atoms with Crippen LogP contribution < -0.4 is 0 Å². The predicted octanol–water partition coefficient (Wildman–Crippen LogP) is 1.34. The molecule has 0 bridgehead atoms. The fourth-order valence-electron chi connectivity index (χ4n) is 3.63. The monoisotopic (exact) mass is 410 g/mol. The van der Waals surface area contributed by atoms with Crippen molar-refractivity contribution in [3.05, 3.63) is 35.9 Å². The van der Waals surface area contributed by atoms with Gasteiger partial charge in [0.2, 0.25) is 23.8 Å². The molecule has 0 aromatic heterocycles. The van der Waals surface area contributed by atoms with E-state index in [1.54, 1.807) is 30.3 Å². The summed E-state index contributed by atoms with van der Waals surface area (Å²) in [5.41, 5.74) is 0.331. The van der Waals surface area contributed by atoms with Crippen LogP contribution >= 0.6 is 0 Å². The van der Waals surface area contributed by atoms with E-state index < -0.39 is 41.7 Å². The van der Waals surface area contributed by atoms with Crippen LogP contribution in [0.4, 0.5) is 0 Å². The number of hydrogen-bond acceptors (Lipinski definition) is 7. The molecule has 10 heteroatoms. The molecule has 10 nitrogen and oxygen atoms in total. The van der Waals surface area contributed by atoms with Gasteiger partial charge >= 0.3 is 17.9 Å². The van der Waals surface area contributed by atoms with Crippen molar-refractivity contribution < 1.29 is 48.7 Å². The first-order valence-corrected chi connectivity index (χ1v) is 9.17. The number of aliphatic carboxylic acids is 2. The number of carbonyl (C=O) groups is 3. The zero-order valence-corrected chi connectivity index (χ0v) is 15.5. The molecule has 4 unspecified atom stereocenters. The number of hydrogen-bond donors (Lipinski definition) is 3. The lowest BCUT2D eigenvalue weighted by atomic mass is 9.98. The van der Waals surface area contributed by atoms with Crippen LogP contribution in [-0.2, 0) is 28.5 Å². The topological polar surface area (TPSA) is 149 Å². The Labute approximate surface area is 165 Å². The smallest absolute Gasteiger partial charge is 0.338 e. The highest BCUT2D eigenvalue weighted by Gasteiger charge is 2.65. The van der Waals surface area contributed by atoms with Gasteiger partial charge in [-0.2, -0.15) is 0 Å². The van der Waals surface area contributed by atoms with Gasteiger partial charge in [0.1, 0.15) is 0 Å². The van der Waals surface area contributed by atoms with Crippen molar-refractivity contribution in [3.8, 4) is 0 Å². The summed E-state index contributed by atoms with van der Waals surface area (Å²) in [6.07, 6.45) is -1.04. The van der Waals surface area contributed by atoms with Crippen molar-refractivity contribution in [1.29, 1.82) is 0 Å². The summed E-state index contributed by atoms with van der Waals surface area (Å²) in [6, 6.07) is 8.30. The first-order chi connectivity index (χ1) is 13.8. The minimum atomic E-state index is -1.54. The SMILES string of the molecule is O=C(O)C1OC2(CCCO2)C(C(=O)O)OC12CCCO2.O=C(O)c1ccccc1. The molecule has 1 aromatic carbocycles. The van der Waals surface area contributed by atoms with Crippen LogP contribution in [0.15, 0.2) is 30.3 Å². The van der Waals surface area contributed by atoms with Gasteiger partial charge in [0, 0.05) is 12.8 Å². The van der Waals surface area contributed by atoms with E-state index >= 15 is 0 Å². The number of ether oxygens (including phenoxy) is 4. The summed E-state index contributed by atoms with van der Waals surface area (Å²) in [5.74, 6) is -6.44. The van der Waals surface area contributed by atoms with E-state index in [-0.39, 0.29) is 12.8 Å². The van der Waals surface area contributed by atoms with Crippen molar-refractivity contribution >= 4 is 17.9 Å². The Morgan fingerprint density at radius 1 is 0.793 bits per heavy atom. The Kier molecular flexibility index (Phi) is 6.18. The molecule has 1 aromatic rings. The zero-order chi connectivity index (χ0) is 21.1. The summed E-state index contributed by atoms with van der Waals surface area (Å²) in [5, 5.41) is 27.1. The third kappa shape index (κ3) is 4.25. The van der Waals surface area contributed by atoms with Gasteiger partial charge in [0.25, 0.3) is 0 Å². The molecule has 3 fully saturated rings. The Bertz CT molecular complexity index is 710. The van der Waals surface area contributed by atoms with E-state index in [0.717, 1.165) is 0 Å². The van der Waals surface area contributed by atoms with Crippen LogP contribution in [0.3, 0.4) is 0 Å². The second-order valence-electron chi connectivity index (χ2n) is 6.87. The molecule has 4 rings (SSSR count). The molecule has 0 radical (unpaired) electrons. The molecule has 4 atom stereocenters. The molecule has 0 saturated carbocycles. The minimum absolute atomic E-state index is 0.282. The average Bonchev–Trinajstić information content (AvgIpc) is 3.35. The maximum absolute atomic E-state index is 11.4. The summed E-state index contributed by atoms with van der Waals surface area (Å²) < 4.78 is 21.9. The van der Waals surface area contributed by atoms with Gasteiger partial charge in [-0.25, -0.2) is 14.4 Å². The summed E-state index contributed by atoms with van der Waals surface area (Å²) in [6.45, 7) is 0.626. The number of carboxylic acids is 3. The first-order valence-electron chi connectivity index (χ1n) is 9.17. The van der Waals surface area contributed by atoms with Crippen molar-refractivity contribution in [3.63, 3.8) is 0 Å². The van der Waals surface area contributed by atoms with Crippen molar-refractivity contribution in [2.75, 3.05) is 13.2 Å². The third-order valence-electron chi connectivity index (χ3n) is 4.93. The lowest BCUT2D eigenvalue weighted by Crippen LogP contribution is -2.67. The molecule has 3 N–H and O–H groups in total. The van der Waals surface area contributed by atoms with Crippen LogP contribution in [0, 0.1) is 0 Å². The molecule has 0 amide bonds. The molecule has 29 heavy (non-hydrogen) atoms. The summed E-state index contributed by atoms with van der Waals surface area (Å²) in [7, 11) is 0. The van der Waals surface area contributed by atoms with Crippen molar-refractivity contribution in [2.45, 2.75) is 49.5 Å². The minimum Gasteiger partial charge on any atom is -0.479 e. The molecule has 158 valence electrons. The van der Waals surface area contributed by atoms with Crippen LogP contribution in [0.1, 0.15) is 36.0 Å². The van der Waals surface area contributed by atoms with E-state index in [4.69, 9.17) is 24.1 Å². The van der Waals surface area contributed by atoms with Gasteiger partial charge < -0.3 is 34.3 Å². The van der Waals surface area contributed by atoms with E-state index in [1.165, 1.54) is 0 Å². The maximum atomic E-state index is 11.4. The normalized spacial score (nSPS) is 33.2. The Morgan fingerprint density at radius 3 is 1.52 bits per heavy atom. The van der Waals surface area contributed by atoms with Crippen LogP contribution in [-0.4, -0.2) is 70.2 Å². The highest BCUT2D eigenvalue weighted by molar-refractivity contribution is 5.87. The van der Waals surface area contributed by atoms with E-state index in [2.05, 4.69) is 0 Å².